The Morgan fingerprint density at radius 1 is 1.50 bits per heavy atom. The van der Waals surface area contributed by atoms with E-state index in [-0.39, 0.29) is 0 Å². The van der Waals surface area contributed by atoms with Crippen molar-refractivity contribution in [2.75, 3.05) is 20.1 Å². The van der Waals surface area contributed by atoms with Crippen molar-refractivity contribution in [3.63, 3.8) is 0 Å². The zero-order valence-corrected chi connectivity index (χ0v) is 11.5. The van der Waals surface area contributed by atoms with Gasteiger partial charge < -0.3 is 15.3 Å². The lowest BCUT2D eigenvalue weighted by atomic mass is 9.91. The smallest absolute Gasteiger partial charge is 0.0766 e. The SMILES string of the molecule is CC1CC(NCC(C)(O)C(C)C)CCN1C. The minimum Gasteiger partial charge on any atom is -0.389 e. The van der Waals surface area contributed by atoms with Gasteiger partial charge in [0.1, 0.15) is 0 Å². The average molecular weight is 228 g/mol. The van der Waals surface area contributed by atoms with Crippen molar-refractivity contribution in [1.82, 2.24) is 10.2 Å². The van der Waals surface area contributed by atoms with E-state index in [9.17, 15) is 5.11 Å². The topological polar surface area (TPSA) is 35.5 Å². The molecule has 1 aliphatic rings. The van der Waals surface area contributed by atoms with Crippen LogP contribution in [0.2, 0.25) is 0 Å². The fraction of sp³-hybridized carbons (Fsp3) is 1.00. The molecule has 0 aromatic carbocycles. The summed E-state index contributed by atoms with van der Waals surface area (Å²) in [6.45, 7) is 10.2. The first-order valence-corrected chi connectivity index (χ1v) is 6.49. The predicted octanol–water partition coefficient (Wildman–Crippen LogP) is 1.47. The van der Waals surface area contributed by atoms with E-state index in [2.05, 4.69) is 38.0 Å². The van der Waals surface area contributed by atoms with Crippen molar-refractivity contribution in [1.29, 1.82) is 0 Å². The Balaban J connectivity index is 2.34. The molecule has 0 radical (unpaired) electrons. The summed E-state index contributed by atoms with van der Waals surface area (Å²) in [4.78, 5) is 2.40. The summed E-state index contributed by atoms with van der Waals surface area (Å²) >= 11 is 0. The van der Waals surface area contributed by atoms with E-state index in [1.54, 1.807) is 0 Å². The van der Waals surface area contributed by atoms with Gasteiger partial charge in [0, 0.05) is 18.6 Å². The minimum atomic E-state index is -0.591. The molecule has 3 nitrogen and oxygen atoms in total. The molecule has 2 N–H and O–H groups in total. The summed E-state index contributed by atoms with van der Waals surface area (Å²) in [6.07, 6.45) is 2.37. The number of hydrogen-bond acceptors (Lipinski definition) is 3. The normalized spacial score (nSPS) is 31.7. The molecule has 0 saturated carbocycles. The van der Waals surface area contributed by atoms with Crippen molar-refractivity contribution in [3.05, 3.63) is 0 Å². The van der Waals surface area contributed by atoms with Gasteiger partial charge in [-0.3, -0.25) is 0 Å². The second kappa shape index (κ2) is 5.48. The van der Waals surface area contributed by atoms with Crippen LogP contribution < -0.4 is 5.32 Å². The standard InChI is InChI=1S/C13H28N2O/c1-10(2)13(4,16)9-14-12-6-7-15(5)11(3)8-12/h10-12,14,16H,6-9H2,1-5H3. The van der Waals surface area contributed by atoms with Gasteiger partial charge in [-0.15, -0.1) is 0 Å². The molecule has 3 heteroatoms. The van der Waals surface area contributed by atoms with Gasteiger partial charge in [-0.05, 0) is 46.2 Å². The van der Waals surface area contributed by atoms with Crippen LogP contribution in [0.4, 0.5) is 0 Å². The van der Waals surface area contributed by atoms with E-state index in [1.807, 2.05) is 6.92 Å². The average Bonchev–Trinajstić information content (AvgIpc) is 2.20. The fourth-order valence-corrected chi connectivity index (χ4v) is 2.03. The van der Waals surface area contributed by atoms with Crippen LogP contribution in [0, 0.1) is 5.92 Å². The number of hydrogen-bond donors (Lipinski definition) is 2. The molecule has 1 aliphatic heterocycles. The Hall–Kier alpha value is -0.120. The van der Waals surface area contributed by atoms with E-state index < -0.39 is 5.60 Å². The van der Waals surface area contributed by atoms with Gasteiger partial charge in [0.2, 0.25) is 0 Å². The second-order valence-corrected chi connectivity index (χ2v) is 5.94. The van der Waals surface area contributed by atoms with Crippen molar-refractivity contribution < 1.29 is 5.11 Å². The van der Waals surface area contributed by atoms with Crippen LogP contribution in [-0.2, 0) is 0 Å². The van der Waals surface area contributed by atoms with Gasteiger partial charge in [0.05, 0.1) is 5.60 Å². The highest BCUT2D eigenvalue weighted by Crippen LogP contribution is 2.18. The van der Waals surface area contributed by atoms with E-state index in [4.69, 9.17) is 0 Å². The molecule has 0 aromatic heterocycles. The number of nitrogens with zero attached hydrogens (tertiary/aromatic N) is 1. The number of aliphatic hydroxyl groups is 1. The molecule has 1 rings (SSSR count). The van der Waals surface area contributed by atoms with Gasteiger partial charge in [0.15, 0.2) is 0 Å². The van der Waals surface area contributed by atoms with Crippen molar-refractivity contribution in [3.8, 4) is 0 Å². The van der Waals surface area contributed by atoms with Crippen molar-refractivity contribution in [2.45, 2.75) is 58.2 Å². The van der Waals surface area contributed by atoms with Gasteiger partial charge in [-0.1, -0.05) is 13.8 Å². The first kappa shape index (κ1) is 13.9. The molecule has 96 valence electrons. The van der Waals surface area contributed by atoms with E-state index in [0.29, 0.717) is 24.5 Å². The van der Waals surface area contributed by atoms with Crippen LogP contribution in [0.1, 0.15) is 40.5 Å². The van der Waals surface area contributed by atoms with Crippen LogP contribution in [0.5, 0.6) is 0 Å². The molecule has 3 atom stereocenters. The maximum atomic E-state index is 10.2. The lowest BCUT2D eigenvalue weighted by Gasteiger charge is -2.37. The number of nitrogens with one attached hydrogen (secondary N) is 1. The van der Waals surface area contributed by atoms with Crippen LogP contribution in [0.3, 0.4) is 0 Å². The first-order chi connectivity index (χ1) is 7.33. The lowest BCUT2D eigenvalue weighted by Crippen LogP contribution is -2.50. The van der Waals surface area contributed by atoms with E-state index in [1.165, 1.54) is 12.8 Å². The molecule has 0 amide bonds. The zero-order valence-electron chi connectivity index (χ0n) is 11.5. The fourth-order valence-electron chi connectivity index (χ4n) is 2.03. The summed E-state index contributed by atoms with van der Waals surface area (Å²) in [5, 5.41) is 13.7. The highest BCUT2D eigenvalue weighted by molar-refractivity contribution is 4.85. The largest absolute Gasteiger partial charge is 0.389 e. The van der Waals surface area contributed by atoms with Crippen molar-refractivity contribution in [2.24, 2.45) is 5.92 Å². The predicted molar refractivity (Wildman–Crippen MR) is 68.6 cm³/mol. The molecule has 3 unspecified atom stereocenters. The molecular formula is C13H28N2O. The highest BCUT2D eigenvalue weighted by Gasteiger charge is 2.28. The third kappa shape index (κ3) is 3.72. The third-order valence-corrected chi connectivity index (χ3v) is 4.20. The Kier molecular flexibility index (Phi) is 4.77. The lowest BCUT2D eigenvalue weighted by molar-refractivity contribution is 0.00875. The minimum absolute atomic E-state index is 0.295. The number of likely N-dealkylation sites (tertiary alicyclic amines) is 1. The van der Waals surface area contributed by atoms with Gasteiger partial charge in [-0.2, -0.15) is 0 Å². The molecular weight excluding hydrogens is 200 g/mol. The molecule has 1 fully saturated rings. The van der Waals surface area contributed by atoms with Gasteiger partial charge in [-0.25, -0.2) is 0 Å². The quantitative estimate of drug-likeness (QED) is 0.765. The maximum absolute atomic E-state index is 10.2. The van der Waals surface area contributed by atoms with Crippen molar-refractivity contribution >= 4 is 0 Å². The van der Waals surface area contributed by atoms with Gasteiger partial charge >= 0.3 is 0 Å². The summed E-state index contributed by atoms with van der Waals surface area (Å²) < 4.78 is 0. The monoisotopic (exact) mass is 228 g/mol. The molecule has 0 aromatic rings. The number of piperidine rings is 1. The Morgan fingerprint density at radius 3 is 2.62 bits per heavy atom. The summed E-state index contributed by atoms with van der Waals surface area (Å²) in [7, 11) is 2.19. The summed E-state index contributed by atoms with van der Waals surface area (Å²) in [5.74, 6) is 0.295. The first-order valence-electron chi connectivity index (χ1n) is 6.49. The Bertz CT molecular complexity index is 216. The Labute approximate surface area is 100 Å². The van der Waals surface area contributed by atoms with Crippen LogP contribution in [0.25, 0.3) is 0 Å². The molecule has 0 aliphatic carbocycles. The van der Waals surface area contributed by atoms with Gasteiger partial charge in [0.25, 0.3) is 0 Å². The molecule has 16 heavy (non-hydrogen) atoms. The summed E-state index contributed by atoms with van der Waals surface area (Å²) in [5.41, 5.74) is -0.591. The molecule has 0 spiro atoms. The maximum Gasteiger partial charge on any atom is 0.0766 e. The summed E-state index contributed by atoms with van der Waals surface area (Å²) in [6, 6.07) is 1.21. The number of rotatable bonds is 4. The molecule has 0 bridgehead atoms. The third-order valence-electron chi connectivity index (χ3n) is 4.20. The zero-order chi connectivity index (χ0) is 12.3. The van der Waals surface area contributed by atoms with E-state index in [0.717, 1.165) is 6.54 Å². The Morgan fingerprint density at radius 2 is 2.12 bits per heavy atom. The highest BCUT2D eigenvalue weighted by atomic mass is 16.3. The van der Waals surface area contributed by atoms with Crippen LogP contribution >= 0.6 is 0 Å². The van der Waals surface area contributed by atoms with E-state index >= 15 is 0 Å². The second-order valence-electron chi connectivity index (χ2n) is 5.94. The van der Waals surface area contributed by atoms with Crippen LogP contribution in [0.15, 0.2) is 0 Å². The molecule has 1 saturated heterocycles. The molecule has 1 heterocycles. The van der Waals surface area contributed by atoms with Crippen LogP contribution in [-0.4, -0.2) is 47.8 Å².